The maximum Gasteiger partial charge on any atom is 0.226 e. The number of aromatic nitrogens is 1. The number of methoxy groups -OCH3 is 1. The molecule has 3 rings (SSSR count). The van der Waals surface area contributed by atoms with Gasteiger partial charge in [-0.2, -0.15) is 0 Å². The van der Waals surface area contributed by atoms with Crippen molar-refractivity contribution in [2.24, 2.45) is 0 Å². The first-order chi connectivity index (χ1) is 13.3. The number of aryl methyl sites for hydroxylation is 2. The smallest absolute Gasteiger partial charge is 0.226 e. The average Bonchev–Trinajstić information content (AvgIpc) is 3.09. The maximum atomic E-state index is 12.4. The first-order valence-electron chi connectivity index (χ1n) is 8.83. The number of thiazole rings is 1. The Labute approximate surface area is 168 Å². The van der Waals surface area contributed by atoms with Crippen LogP contribution in [0.4, 0.5) is 5.13 Å². The van der Waals surface area contributed by atoms with Crippen LogP contribution in [-0.2, 0) is 14.6 Å². The summed E-state index contributed by atoms with van der Waals surface area (Å²) in [7, 11) is -1.91. The van der Waals surface area contributed by atoms with Gasteiger partial charge in [0, 0.05) is 6.42 Å². The van der Waals surface area contributed by atoms with Gasteiger partial charge in [-0.3, -0.25) is 4.79 Å². The standard InChI is InChI=1S/C20H22N2O4S2/c1-13-6-7-14(2)19-18(13)22-20(27-19)21-17(23)5-4-12-28(24,25)16-10-8-15(26-3)9-11-16/h6-11H,4-5,12H2,1-3H3,(H,21,22,23). The normalized spacial score (nSPS) is 11.5. The van der Waals surface area contributed by atoms with Crippen LogP contribution in [0.5, 0.6) is 5.75 Å². The monoisotopic (exact) mass is 418 g/mol. The minimum atomic E-state index is -3.43. The molecule has 0 saturated carbocycles. The SMILES string of the molecule is COc1ccc(S(=O)(=O)CCCC(=O)Nc2nc3c(C)ccc(C)c3s2)cc1. The highest BCUT2D eigenvalue weighted by atomic mass is 32.2. The molecule has 0 aliphatic heterocycles. The number of carbonyl (C=O) groups excluding carboxylic acids is 1. The molecular weight excluding hydrogens is 396 g/mol. The molecule has 2 aromatic carbocycles. The lowest BCUT2D eigenvalue weighted by Crippen LogP contribution is -2.14. The molecule has 148 valence electrons. The molecule has 28 heavy (non-hydrogen) atoms. The zero-order valence-electron chi connectivity index (χ0n) is 16.0. The van der Waals surface area contributed by atoms with Gasteiger partial charge in [0.15, 0.2) is 15.0 Å². The van der Waals surface area contributed by atoms with Gasteiger partial charge in [0.25, 0.3) is 0 Å². The van der Waals surface area contributed by atoms with Gasteiger partial charge < -0.3 is 10.1 Å². The molecule has 0 saturated heterocycles. The Morgan fingerprint density at radius 1 is 1.11 bits per heavy atom. The van der Waals surface area contributed by atoms with Crippen molar-refractivity contribution in [3.63, 3.8) is 0 Å². The summed E-state index contributed by atoms with van der Waals surface area (Å²) in [6.07, 6.45) is 0.354. The fourth-order valence-electron chi connectivity index (χ4n) is 2.82. The van der Waals surface area contributed by atoms with Crippen LogP contribution < -0.4 is 10.1 Å². The third kappa shape index (κ3) is 4.51. The number of anilines is 1. The van der Waals surface area contributed by atoms with Gasteiger partial charge in [0.05, 0.1) is 28.0 Å². The fourth-order valence-corrected chi connectivity index (χ4v) is 5.16. The predicted octanol–water partition coefficient (Wildman–Crippen LogP) is 4.11. The number of hydrogen-bond donors (Lipinski definition) is 1. The van der Waals surface area contributed by atoms with E-state index in [2.05, 4.69) is 10.3 Å². The summed E-state index contributed by atoms with van der Waals surface area (Å²) in [4.78, 5) is 16.9. The van der Waals surface area contributed by atoms with E-state index in [1.54, 1.807) is 12.1 Å². The van der Waals surface area contributed by atoms with Gasteiger partial charge in [0.2, 0.25) is 5.91 Å². The minimum Gasteiger partial charge on any atom is -0.497 e. The molecule has 0 atom stereocenters. The van der Waals surface area contributed by atoms with E-state index in [1.165, 1.54) is 30.6 Å². The number of rotatable bonds is 7. The van der Waals surface area contributed by atoms with Crippen LogP contribution in [-0.4, -0.2) is 32.2 Å². The molecule has 1 amide bonds. The second kappa shape index (κ2) is 8.28. The number of benzene rings is 2. The third-order valence-corrected chi connectivity index (χ3v) is 7.35. The van der Waals surface area contributed by atoms with Crippen LogP contribution in [0.25, 0.3) is 10.2 Å². The molecule has 8 heteroatoms. The predicted molar refractivity (Wildman–Crippen MR) is 112 cm³/mol. The lowest BCUT2D eigenvalue weighted by Gasteiger charge is -2.06. The van der Waals surface area contributed by atoms with Crippen molar-refractivity contribution in [2.75, 3.05) is 18.2 Å². The van der Waals surface area contributed by atoms with Crippen LogP contribution in [0, 0.1) is 13.8 Å². The van der Waals surface area contributed by atoms with E-state index in [9.17, 15) is 13.2 Å². The van der Waals surface area contributed by atoms with E-state index in [4.69, 9.17) is 4.74 Å². The summed E-state index contributed by atoms with van der Waals surface area (Å²) in [5, 5.41) is 3.32. The van der Waals surface area contributed by atoms with Gasteiger partial charge in [-0.1, -0.05) is 23.5 Å². The summed E-state index contributed by atoms with van der Waals surface area (Å²) >= 11 is 1.43. The highest BCUT2D eigenvalue weighted by Crippen LogP contribution is 2.31. The molecule has 0 bridgehead atoms. The van der Waals surface area contributed by atoms with Gasteiger partial charge >= 0.3 is 0 Å². The van der Waals surface area contributed by atoms with Crippen LogP contribution >= 0.6 is 11.3 Å². The second-order valence-electron chi connectivity index (χ2n) is 6.54. The van der Waals surface area contributed by atoms with Gasteiger partial charge in [-0.05, 0) is 55.7 Å². The van der Waals surface area contributed by atoms with Crippen LogP contribution in [0.2, 0.25) is 0 Å². The summed E-state index contributed by atoms with van der Waals surface area (Å²) in [6.45, 7) is 3.99. The largest absolute Gasteiger partial charge is 0.497 e. The molecule has 0 radical (unpaired) electrons. The van der Waals surface area contributed by atoms with Crippen molar-refractivity contribution in [3.8, 4) is 5.75 Å². The zero-order chi connectivity index (χ0) is 20.3. The number of nitrogens with zero attached hydrogens (tertiary/aromatic N) is 1. The number of nitrogens with one attached hydrogen (secondary N) is 1. The zero-order valence-corrected chi connectivity index (χ0v) is 17.6. The molecule has 0 fully saturated rings. The van der Waals surface area contributed by atoms with Crippen molar-refractivity contribution >= 4 is 42.4 Å². The number of fused-ring (bicyclic) bond motifs is 1. The molecule has 0 aliphatic carbocycles. The van der Waals surface area contributed by atoms with E-state index in [0.717, 1.165) is 21.3 Å². The summed E-state index contributed by atoms with van der Waals surface area (Å²) in [5.41, 5.74) is 3.06. The van der Waals surface area contributed by atoms with Crippen LogP contribution in [0.1, 0.15) is 24.0 Å². The van der Waals surface area contributed by atoms with Gasteiger partial charge in [-0.25, -0.2) is 13.4 Å². The number of sulfone groups is 1. The maximum absolute atomic E-state index is 12.4. The van der Waals surface area contributed by atoms with Crippen LogP contribution in [0.15, 0.2) is 41.3 Å². The molecule has 1 N–H and O–H groups in total. The fraction of sp³-hybridized carbons (Fsp3) is 0.300. The molecular formula is C20H22N2O4S2. The molecule has 6 nitrogen and oxygen atoms in total. The first kappa shape index (κ1) is 20.3. The quantitative estimate of drug-likeness (QED) is 0.624. The van der Waals surface area contributed by atoms with Crippen molar-refractivity contribution in [1.29, 1.82) is 0 Å². The van der Waals surface area contributed by atoms with Gasteiger partial charge in [0.1, 0.15) is 5.75 Å². The molecule has 1 aromatic heterocycles. The Balaban J connectivity index is 1.58. The average molecular weight is 419 g/mol. The Bertz CT molecular complexity index is 1060. The van der Waals surface area contributed by atoms with Crippen molar-refractivity contribution < 1.29 is 17.9 Å². The van der Waals surface area contributed by atoms with E-state index < -0.39 is 9.84 Å². The van der Waals surface area contributed by atoms with Crippen molar-refractivity contribution in [2.45, 2.75) is 31.6 Å². The second-order valence-corrected chi connectivity index (χ2v) is 9.65. The Morgan fingerprint density at radius 2 is 1.79 bits per heavy atom. The number of hydrogen-bond acceptors (Lipinski definition) is 6. The topological polar surface area (TPSA) is 85.4 Å². The lowest BCUT2D eigenvalue weighted by atomic mass is 10.1. The molecule has 0 aliphatic rings. The molecule has 0 unspecified atom stereocenters. The summed E-state index contributed by atoms with van der Waals surface area (Å²) in [6, 6.07) is 10.3. The number of amides is 1. The van der Waals surface area contributed by atoms with Crippen LogP contribution in [0.3, 0.4) is 0 Å². The first-order valence-corrected chi connectivity index (χ1v) is 11.3. The van der Waals surface area contributed by atoms with E-state index >= 15 is 0 Å². The molecule has 3 aromatic rings. The minimum absolute atomic E-state index is 0.0925. The Kier molecular flexibility index (Phi) is 6.00. The highest BCUT2D eigenvalue weighted by molar-refractivity contribution is 7.91. The van der Waals surface area contributed by atoms with Crippen molar-refractivity contribution in [3.05, 3.63) is 47.5 Å². The number of ether oxygens (including phenoxy) is 1. The summed E-state index contributed by atoms with van der Waals surface area (Å²) in [5.74, 6) is 0.268. The van der Waals surface area contributed by atoms with E-state index in [-0.39, 0.29) is 29.4 Å². The lowest BCUT2D eigenvalue weighted by molar-refractivity contribution is -0.116. The highest BCUT2D eigenvalue weighted by Gasteiger charge is 2.16. The Morgan fingerprint density at radius 3 is 2.43 bits per heavy atom. The molecule has 0 spiro atoms. The summed E-state index contributed by atoms with van der Waals surface area (Å²) < 4.78 is 30.9. The van der Waals surface area contributed by atoms with E-state index in [0.29, 0.717) is 10.9 Å². The van der Waals surface area contributed by atoms with E-state index in [1.807, 2.05) is 26.0 Å². The van der Waals surface area contributed by atoms with Crippen molar-refractivity contribution in [1.82, 2.24) is 4.98 Å². The molecule has 1 heterocycles. The van der Waals surface area contributed by atoms with Gasteiger partial charge in [-0.15, -0.1) is 0 Å². The Hall–Kier alpha value is -2.45. The third-order valence-electron chi connectivity index (χ3n) is 4.42. The number of carbonyl (C=O) groups is 1.